The quantitative estimate of drug-likeness (QED) is 0.504. The number of carbonyl (C=O) groups excluding carboxylic acids is 3. The molecule has 5 rings (SSSR count). The van der Waals surface area contributed by atoms with Crippen LogP contribution in [0, 0.1) is 0 Å². The van der Waals surface area contributed by atoms with Crippen LogP contribution in [0.1, 0.15) is 64.0 Å². The minimum atomic E-state index is -0.113. The van der Waals surface area contributed by atoms with Gasteiger partial charge in [-0.1, -0.05) is 12.1 Å². The molecule has 0 atom stereocenters. The van der Waals surface area contributed by atoms with Crippen LogP contribution in [-0.4, -0.2) is 57.7 Å². The average molecular weight is 515 g/mol. The molecule has 2 aromatic heterocycles. The lowest BCUT2D eigenvalue weighted by atomic mass is 9.72. The molecule has 198 valence electrons. The molecule has 1 aliphatic carbocycles. The molecule has 1 aliphatic heterocycles. The third-order valence-corrected chi connectivity index (χ3v) is 7.63. The molecule has 0 saturated heterocycles. The monoisotopic (exact) mass is 514 g/mol. The van der Waals surface area contributed by atoms with Crippen molar-refractivity contribution in [1.29, 1.82) is 0 Å². The lowest BCUT2D eigenvalue weighted by molar-refractivity contribution is -0.114. The highest BCUT2D eigenvalue weighted by atomic mass is 16.2. The van der Waals surface area contributed by atoms with E-state index in [1.165, 1.54) is 12.6 Å². The average Bonchev–Trinajstić information content (AvgIpc) is 3.31. The SMILES string of the molecule is CC(=O)Nc1ccc(CNC(=O)c2ccc3n2CCN(Cc2ccc(C(=O)N(C)C)cn2)C32CCC2)cc1. The van der Waals surface area contributed by atoms with Crippen LogP contribution in [0.4, 0.5) is 5.69 Å². The van der Waals surface area contributed by atoms with Gasteiger partial charge in [0, 0.05) is 64.8 Å². The Labute approximate surface area is 222 Å². The summed E-state index contributed by atoms with van der Waals surface area (Å²) >= 11 is 0. The van der Waals surface area contributed by atoms with E-state index in [-0.39, 0.29) is 23.3 Å². The van der Waals surface area contributed by atoms with Gasteiger partial charge in [0.25, 0.3) is 11.8 Å². The zero-order chi connectivity index (χ0) is 26.9. The first-order valence-corrected chi connectivity index (χ1v) is 13.0. The van der Waals surface area contributed by atoms with Gasteiger partial charge in [-0.3, -0.25) is 24.3 Å². The van der Waals surface area contributed by atoms with Crippen LogP contribution in [-0.2, 0) is 30.0 Å². The molecule has 3 amide bonds. The molecule has 0 radical (unpaired) electrons. The highest BCUT2D eigenvalue weighted by Gasteiger charge is 2.48. The second kappa shape index (κ2) is 10.4. The van der Waals surface area contributed by atoms with Crippen molar-refractivity contribution in [1.82, 2.24) is 24.7 Å². The smallest absolute Gasteiger partial charge is 0.268 e. The van der Waals surface area contributed by atoms with E-state index in [4.69, 9.17) is 0 Å². The Kier molecular flexibility index (Phi) is 7.03. The van der Waals surface area contributed by atoms with Gasteiger partial charge in [-0.15, -0.1) is 0 Å². The van der Waals surface area contributed by atoms with Crippen molar-refractivity contribution in [2.45, 2.75) is 51.4 Å². The predicted octanol–water partition coefficient (Wildman–Crippen LogP) is 3.37. The lowest BCUT2D eigenvalue weighted by Gasteiger charge is -2.53. The van der Waals surface area contributed by atoms with Crippen molar-refractivity contribution in [2.24, 2.45) is 0 Å². The van der Waals surface area contributed by atoms with Gasteiger partial charge in [-0.25, -0.2) is 0 Å². The van der Waals surface area contributed by atoms with E-state index >= 15 is 0 Å². The van der Waals surface area contributed by atoms with Crippen molar-refractivity contribution in [2.75, 3.05) is 26.0 Å². The van der Waals surface area contributed by atoms with Crippen LogP contribution < -0.4 is 10.6 Å². The Morgan fingerprint density at radius 3 is 2.37 bits per heavy atom. The summed E-state index contributed by atoms with van der Waals surface area (Å²) in [6, 6.07) is 15.3. The fourth-order valence-electron chi connectivity index (χ4n) is 5.50. The number of carbonyl (C=O) groups is 3. The number of nitrogens with one attached hydrogen (secondary N) is 2. The van der Waals surface area contributed by atoms with Gasteiger partial charge in [0.2, 0.25) is 5.91 Å². The van der Waals surface area contributed by atoms with Gasteiger partial charge < -0.3 is 20.1 Å². The van der Waals surface area contributed by atoms with Crippen molar-refractivity contribution in [3.05, 3.63) is 82.9 Å². The fraction of sp³-hybridized carbons (Fsp3) is 0.379. The first kappa shape index (κ1) is 25.7. The first-order valence-electron chi connectivity index (χ1n) is 13.0. The normalized spacial score (nSPS) is 15.9. The van der Waals surface area contributed by atoms with Crippen LogP contribution >= 0.6 is 0 Å². The molecule has 1 fully saturated rings. The maximum absolute atomic E-state index is 13.1. The highest BCUT2D eigenvalue weighted by Crippen LogP contribution is 2.49. The highest BCUT2D eigenvalue weighted by molar-refractivity contribution is 5.94. The summed E-state index contributed by atoms with van der Waals surface area (Å²) in [7, 11) is 3.47. The van der Waals surface area contributed by atoms with Gasteiger partial charge in [0.1, 0.15) is 5.69 Å². The van der Waals surface area contributed by atoms with Gasteiger partial charge >= 0.3 is 0 Å². The summed E-state index contributed by atoms with van der Waals surface area (Å²) in [4.78, 5) is 45.2. The van der Waals surface area contributed by atoms with Gasteiger partial charge in [-0.2, -0.15) is 0 Å². The summed E-state index contributed by atoms with van der Waals surface area (Å²) in [6.07, 6.45) is 4.92. The van der Waals surface area contributed by atoms with E-state index in [2.05, 4.69) is 31.2 Å². The topological polar surface area (TPSA) is 99.6 Å². The molecule has 2 aliphatic rings. The maximum Gasteiger partial charge on any atom is 0.268 e. The zero-order valence-corrected chi connectivity index (χ0v) is 22.2. The second-order valence-electron chi connectivity index (χ2n) is 10.4. The maximum atomic E-state index is 13.1. The van der Waals surface area contributed by atoms with Crippen LogP contribution in [0.2, 0.25) is 0 Å². The van der Waals surface area contributed by atoms with Crippen LogP contribution in [0.25, 0.3) is 0 Å². The largest absolute Gasteiger partial charge is 0.347 e. The number of anilines is 1. The van der Waals surface area contributed by atoms with Crippen LogP contribution in [0.3, 0.4) is 0 Å². The predicted molar refractivity (Wildman–Crippen MR) is 145 cm³/mol. The van der Waals surface area contributed by atoms with E-state index in [1.807, 2.05) is 42.5 Å². The number of amides is 3. The molecule has 1 aromatic carbocycles. The van der Waals surface area contributed by atoms with E-state index < -0.39 is 0 Å². The van der Waals surface area contributed by atoms with Gasteiger partial charge in [0.15, 0.2) is 0 Å². The molecular formula is C29H34N6O3. The van der Waals surface area contributed by atoms with E-state index in [0.717, 1.165) is 49.3 Å². The number of fused-ring (bicyclic) bond motifs is 2. The standard InChI is InChI=1S/C29H34N6O3/c1-20(36)32-23-8-5-21(6-9-23)17-31-27(37)25-11-12-26-29(13-4-14-29)34(15-16-35(25)26)19-24-10-7-22(18-30-24)28(38)33(2)3/h5-12,18H,4,13-17,19H2,1-3H3,(H,31,37)(H,32,36). The molecule has 1 spiro atoms. The number of nitrogens with zero attached hydrogens (tertiary/aromatic N) is 4. The fourth-order valence-corrected chi connectivity index (χ4v) is 5.50. The summed E-state index contributed by atoms with van der Waals surface area (Å²) < 4.78 is 2.18. The summed E-state index contributed by atoms with van der Waals surface area (Å²) in [5, 5.41) is 5.80. The number of benzene rings is 1. The summed E-state index contributed by atoms with van der Waals surface area (Å²) in [5.74, 6) is -0.256. The Bertz CT molecular complexity index is 1340. The summed E-state index contributed by atoms with van der Waals surface area (Å²) in [5.41, 5.74) is 5.01. The van der Waals surface area contributed by atoms with Crippen LogP contribution in [0.15, 0.2) is 54.7 Å². The van der Waals surface area contributed by atoms with E-state index in [9.17, 15) is 14.4 Å². The number of pyridine rings is 1. The number of aromatic nitrogens is 2. The molecule has 0 unspecified atom stereocenters. The minimum Gasteiger partial charge on any atom is -0.347 e. The molecule has 9 nitrogen and oxygen atoms in total. The van der Waals surface area contributed by atoms with Crippen molar-refractivity contribution in [3.8, 4) is 0 Å². The first-order chi connectivity index (χ1) is 18.3. The van der Waals surface area contributed by atoms with Gasteiger partial charge in [0.05, 0.1) is 16.8 Å². The van der Waals surface area contributed by atoms with Gasteiger partial charge in [-0.05, 0) is 61.2 Å². The number of hydrogen-bond acceptors (Lipinski definition) is 5. The third-order valence-electron chi connectivity index (χ3n) is 7.63. The molecular weight excluding hydrogens is 480 g/mol. The zero-order valence-electron chi connectivity index (χ0n) is 22.2. The summed E-state index contributed by atoms with van der Waals surface area (Å²) in [6.45, 7) is 4.15. The van der Waals surface area contributed by atoms with E-state index in [1.54, 1.807) is 25.2 Å². The Morgan fingerprint density at radius 1 is 1.00 bits per heavy atom. The van der Waals surface area contributed by atoms with Crippen LogP contribution in [0.5, 0.6) is 0 Å². The van der Waals surface area contributed by atoms with Crippen molar-refractivity contribution >= 4 is 23.4 Å². The third kappa shape index (κ3) is 4.93. The molecule has 38 heavy (non-hydrogen) atoms. The molecule has 2 N–H and O–H groups in total. The molecule has 9 heteroatoms. The lowest BCUT2D eigenvalue weighted by Crippen LogP contribution is -2.56. The number of hydrogen-bond donors (Lipinski definition) is 2. The van der Waals surface area contributed by atoms with E-state index in [0.29, 0.717) is 24.3 Å². The second-order valence-corrected chi connectivity index (χ2v) is 10.4. The minimum absolute atomic E-state index is 0.0527. The Balaban J connectivity index is 1.26. The Hall–Kier alpha value is -3.98. The Morgan fingerprint density at radius 2 is 1.76 bits per heavy atom. The number of rotatable bonds is 7. The molecule has 3 heterocycles. The molecule has 1 saturated carbocycles. The molecule has 3 aromatic rings. The molecule has 0 bridgehead atoms. The van der Waals surface area contributed by atoms with Crippen molar-refractivity contribution in [3.63, 3.8) is 0 Å². The van der Waals surface area contributed by atoms with Crippen molar-refractivity contribution < 1.29 is 14.4 Å².